The Morgan fingerprint density at radius 2 is 2.23 bits per heavy atom. The minimum atomic E-state index is -0.178. The third-order valence-electron chi connectivity index (χ3n) is 2.55. The van der Waals surface area contributed by atoms with E-state index < -0.39 is 0 Å². The van der Waals surface area contributed by atoms with E-state index in [1.54, 1.807) is 6.07 Å². The second-order valence-electron chi connectivity index (χ2n) is 3.50. The second-order valence-corrected chi connectivity index (χ2v) is 4.83. The van der Waals surface area contributed by atoms with Crippen molar-refractivity contribution in [3.63, 3.8) is 0 Å². The van der Waals surface area contributed by atoms with E-state index in [-0.39, 0.29) is 11.2 Å². The Labute approximate surface area is 90.2 Å². The Kier molecular flexibility index (Phi) is 2.37. The quantitative estimate of drug-likeness (QED) is 0.619. The summed E-state index contributed by atoms with van der Waals surface area (Å²) in [5.41, 5.74) is 1.72. The summed E-state index contributed by atoms with van der Waals surface area (Å²) in [7, 11) is 0. The molecule has 2 unspecified atom stereocenters. The fraction of sp³-hybridized carbons (Fsp3) is 0.400. The number of benzene rings is 1. The Morgan fingerprint density at radius 3 is 2.85 bits per heavy atom. The summed E-state index contributed by atoms with van der Waals surface area (Å²) >= 11 is 9.52. The molecular formula is C10H9BrClF. The van der Waals surface area contributed by atoms with Gasteiger partial charge in [-0.05, 0) is 30.0 Å². The minimum Gasteiger partial charge on any atom is -0.207 e. The molecule has 3 heteroatoms. The lowest BCUT2D eigenvalue weighted by molar-refractivity contribution is 0.574. The molecular weight excluding hydrogens is 254 g/mol. The van der Waals surface area contributed by atoms with E-state index in [9.17, 15) is 4.39 Å². The zero-order valence-electron chi connectivity index (χ0n) is 7.15. The Morgan fingerprint density at radius 1 is 1.54 bits per heavy atom. The first-order valence-electron chi connectivity index (χ1n) is 4.22. The fourth-order valence-electron chi connectivity index (χ4n) is 1.83. The van der Waals surface area contributed by atoms with Crippen molar-refractivity contribution in [2.45, 2.75) is 18.7 Å². The van der Waals surface area contributed by atoms with Gasteiger partial charge >= 0.3 is 0 Å². The summed E-state index contributed by atoms with van der Waals surface area (Å²) in [6.45, 7) is 2.05. The largest absolute Gasteiger partial charge is 0.207 e. The highest BCUT2D eigenvalue weighted by atomic mass is 79.9. The van der Waals surface area contributed by atoms with Gasteiger partial charge in [-0.3, -0.25) is 0 Å². The van der Waals surface area contributed by atoms with Crippen molar-refractivity contribution < 1.29 is 4.39 Å². The normalized spacial score (nSPS) is 26.2. The summed E-state index contributed by atoms with van der Waals surface area (Å²) < 4.78 is 14.4. The van der Waals surface area contributed by atoms with Gasteiger partial charge in [-0.1, -0.05) is 22.9 Å². The van der Waals surface area contributed by atoms with Gasteiger partial charge in [0.15, 0.2) is 0 Å². The zero-order chi connectivity index (χ0) is 9.59. The molecule has 13 heavy (non-hydrogen) atoms. The van der Waals surface area contributed by atoms with E-state index in [0.717, 1.165) is 16.5 Å². The van der Waals surface area contributed by atoms with Crippen LogP contribution in [0.2, 0.25) is 0 Å². The van der Waals surface area contributed by atoms with Gasteiger partial charge in [-0.25, -0.2) is 4.39 Å². The van der Waals surface area contributed by atoms with Crippen LogP contribution in [-0.2, 0) is 6.42 Å². The van der Waals surface area contributed by atoms with Crippen molar-refractivity contribution in [1.82, 2.24) is 0 Å². The number of hydrogen-bond acceptors (Lipinski definition) is 0. The molecule has 2 atom stereocenters. The summed E-state index contributed by atoms with van der Waals surface area (Å²) in [5.74, 6) is 0.146. The molecule has 2 rings (SSSR count). The van der Waals surface area contributed by atoms with Crippen LogP contribution in [0.1, 0.15) is 23.4 Å². The molecule has 70 valence electrons. The molecule has 0 heterocycles. The molecule has 1 aliphatic carbocycles. The third kappa shape index (κ3) is 1.40. The predicted molar refractivity (Wildman–Crippen MR) is 55.6 cm³/mol. The monoisotopic (exact) mass is 262 g/mol. The Hall–Kier alpha value is -0.0800. The highest BCUT2D eigenvalue weighted by Gasteiger charge is 2.31. The molecule has 0 aromatic heterocycles. The van der Waals surface area contributed by atoms with Crippen LogP contribution in [0, 0.1) is 11.7 Å². The summed E-state index contributed by atoms with van der Waals surface area (Å²) in [5, 5.41) is -0.174. The molecule has 0 bridgehead atoms. The first kappa shape index (κ1) is 9.47. The fourth-order valence-corrected chi connectivity index (χ4v) is 2.66. The Balaban J connectivity index is 2.61. The van der Waals surface area contributed by atoms with E-state index >= 15 is 0 Å². The van der Waals surface area contributed by atoms with Gasteiger partial charge in [0.05, 0.1) is 5.38 Å². The first-order chi connectivity index (χ1) is 6.11. The van der Waals surface area contributed by atoms with E-state index in [1.165, 1.54) is 6.07 Å². The first-order valence-corrected chi connectivity index (χ1v) is 5.45. The van der Waals surface area contributed by atoms with Gasteiger partial charge in [0.1, 0.15) is 5.82 Å². The van der Waals surface area contributed by atoms with E-state index in [0.29, 0.717) is 11.5 Å². The van der Waals surface area contributed by atoms with Gasteiger partial charge in [-0.2, -0.15) is 0 Å². The molecule has 0 saturated heterocycles. The maximum absolute atomic E-state index is 13.4. The van der Waals surface area contributed by atoms with Crippen LogP contribution in [0.5, 0.6) is 0 Å². The molecule has 1 aromatic carbocycles. The zero-order valence-corrected chi connectivity index (χ0v) is 9.49. The van der Waals surface area contributed by atoms with Crippen LogP contribution in [-0.4, -0.2) is 0 Å². The van der Waals surface area contributed by atoms with E-state index in [2.05, 4.69) is 15.9 Å². The van der Waals surface area contributed by atoms with Crippen LogP contribution in [0.3, 0.4) is 0 Å². The summed E-state index contributed by atoms with van der Waals surface area (Å²) in [6.07, 6.45) is 0.863. The van der Waals surface area contributed by atoms with Crippen molar-refractivity contribution in [1.29, 1.82) is 0 Å². The molecule has 0 saturated carbocycles. The van der Waals surface area contributed by atoms with Crippen molar-refractivity contribution in [3.05, 3.63) is 33.5 Å². The molecule has 0 aliphatic heterocycles. The SMILES string of the molecule is CC1Cc2c(Br)ccc(F)c2C1Cl. The molecule has 0 fully saturated rings. The number of hydrogen-bond donors (Lipinski definition) is 0. The standard InChI is InChI=1S/C10H9BrClF/c1-5-4-6-7(11)2-3-8(13)9(6)10(5)12/h2-3,5,10H,4H2,1H3. The lowest BCUT2D eigenvalue weighted by atomic mass is 10.1. The molecule has 0 radical (unpaired) electrons. The molecule has 0 N–H and O–H groups in total. The van der Waals surface area contributed by atoms with Crippen molar-refractivity contribution in [2.75, 3.05) is 0 Å². The lowest BCUT2D eigenvalue weighted by Gasteiger charge is -2.07. The average Bonchev–Trinajstić information content (AvgIpc) is 2.38. The lowest BCUT2D eigenvalue weighted by Crippen LogP contribution is -1.96. The number of fused-ring (bicyclic) bond motifs is 1. The number of rotatable bonds is 0. The van der Waals surface area contributed by atoms with Crippen molar-refractivity contribution in [2.24, 2.45) is 5.92 Å². The Bertz CT molecular complexity index is 351. The predicted octanol–water partition coefficient (Wildman–Crippen LogP) is 4.06. The average molecular weight is 264 g/mol. The maximum Gasteiger partial charge on any atom is 0.128 e. The minimum absolute atomic E-state index is 0.174. The summed E-state index contributed by atoms with van der Waals surface area (Å²) in [6, 6.07) is 3.21. The van der Waals surface area contributed by atoms with Crippen LogP contribution < -0.4 is 0 Å². The highest BCUT2D eigenvalue weighted by molar-refractivity contribution is 9.10. The maximum atomic E-state index is 13.4. The van der Waals surface area contributed by atoms with Crippen LogP contribution in [0.4, 0.5) is 4.39 Å². The molecule has 1 aliphatic rings. The molecule has 1 aromatic rings. The van der Waals surface area contributed by atoms with Crippen molar-refractivity contribution >= 4 is 27.5 Å². The molecule has 0 nitrogen and oxygen atoms in total. The van der Waals surface area contributed by atoms with Gasteiger partial charge in [-0.15, -0.1) is 11.6 Å². The van der Waals surface area contributed by atoms with Gasteiger partial charge < -0.3 is 0 Å². The van der Waals surface area contributed by atoms with Crippen LogP contribution in [0.15, 0.2) is 16.6 Å². The van der Waals surface area contributed by atoms with Crippen LogP contribution >= 0.6 is 27.5 Å². The molecule has 0 amide bonds. The number of halogens is 3. The summed E-state index contributed by atoms with van der Waals surface area (Å²) in [4.78, 5) is 0. The van der Waals surface area contributed by atoms with E-state index in [1.807, 2.05) is 6.92 Å². The highest BCUT2D eigenvalue weighted by Crippen LogP contribution is 2.44. The number of alkyl halides is 1. The smallest absolute Gasteiger partial charge is 0.128 e. The van der Waals surface area contributed by atoms with Crippen molar-refractivity contribution in [3.8, 4) is 0 Å². The molecule has 0 spiro atoms. The van der Waals surface area contributed by atoms with E-state index in [4.69, 9.17) is 11.6 Å². The van der Waals surface area contributed by atoms with Gasteiger partial charge in [0.2, 0.25) is 0 Å². The van der Waals surface area contributed by atoms with Gasteiger partial charge in [0, 0.05) is 10.0 Å². The third-order valence-corrected chi connectivity index (χ3v) is 3.94. The topological polar surface area (TPSA) is 0 Å². The van der Waals surface area contributed by atoms with Crippen LogP contribution in [0.25, 0.3) is 0 Å². The second kappa shape index (κ2) is 3.25. The van der Waals surface area contributed by atoms with Gasteiger partial charge in [0.25, 0.3) is 0 Å².